The first-order valence-corrected chi connectivity index (χ1v) is 10.1. The first-order valence-electron chi connectivity index (χ1n) is 10.1. The van der Waals surface area contributed by atoms with Crippen molar-refractivity contribution in [3.05, 3.63) is 40.9 Å². The Labute approximate surface area is 174 Å². The zero-order valence-corrected chi connectivity index (χ0v) is 18.3. The lowest BCUT2D eigenvalue weighted by molar-refractivity contribution is -0.143. The Morgan fingerprint density at radius 3 is 2.17 bits per heavy atom. The van der Waals surface area contributed by atoms with E-state index in [9.17, 15) is 9.59 Å². The van der Waals surface area contributed by atoms with Gasteiger partial charge in [-0.05, 0) is 52.7 Å². The molecule has 1 aliphatic rings. The summed E-state index contributed by atoms with van der Waals surface area (Å²) in [5.41, 5.74) is 1.70. The Kier molecular flexibility index (Phi) is 7.80. The average Bonchev–Trinajstić information content (AvgIpc) is 2.87. The normalized spacial score (nSPS) is 18.0. The van der Waals surface area contributed by atoms with Gasteiger partial charge in [-0.2, -0.15) is 0 Å². The lowest BCUT2D eigenvalue weighted by atomic mass is 9.77. The Morgan fingerprint density at radius 2 is 1.66 bits per heavy atom. The summed E-state index contributed by atoms with van der Waals surface area (Å²) in [6.45, 7) is 10.8. The molecule has 0 saturated carbocycles. The molecule has 1 aliphatic heterocycles. The van der Waals surface area contributed by atoms with Crippen LogP contribution in [0, 0.1) is 0 Å². The van der Waals surface area contributed by atoms with Gasteiger partial charge in [-0.15, -0.1) is 0 Å². The first kappa shape index (κ1) is 23.3. The van der Waals surface area contributed by atoms with Crippen LogP contribution >= 0.6 is 0 Å². The smallest absolute Gasteiger partial charge is 0.466 e. The minimum atomic E-state index is -0.432. The molecule has 2 rings (SSSR count). The minimum absolute atomic E-state index is 0.0741. The summed E-state index contributed by atoms with van der Waals surface area (Å²) in [5, 5.41) is 3.16. The summed E-state index contributed by atoms with van der Waals surface area (Å²) >= 11 is 0. The van der Waals surface area contributed by atoms with Crippen molar-refractivity contribution in [2.75, 3.05) is 20.2 Å². The van der Waals surface area contributed by atoms with Crippen LogP contribution in [0.15, 0.2) is 29.7 Å². The molecule has 0 aromatic heterocycles. The largest absolute Gasteiger partial charge is 0.491 e. The number of carbonyl (C=O) groups excluding carboxylic acids is 2. The molecule has 1 saturated heterocycles. The van der Waals surface area contributed by atoms with Crippen molar-refractivity contribution in [3.8, 4) is 0 Å². The molecule has 0 amide bonds. The summed E-state index contributed by atoms with van der Waals surface area (Å²) < 4.78 is 17.2. The Bertz CT molecular complexity index is 739. The summed E-state index contributed by atoms with van der Waals surface area (Å²) in [7, 11) is 1.45. The highest BCUT2D eigenvalue weighted by Crippen LogP contribution is 2.38. The van der Waals surface area contributed by atoms with Crippen molar-refractivity contribution in [2.24, 2.45) is 0 Å². The van der Waals surface area contributed by atoms with Crippen LogP contribution in [0.3, 0.4) is 0 Å². The van der Waals surface area contributed by atoms with Crippen molar-refractivity contribution < 1.29 is 23.6 Å². The van der Waals surface area contributed by atoms with Crippen molar-refractivity contribution >= 4 is 24.9 Å². The zero-order valence-electron chi connectivity index (χ0n) is 18.3. The van der Waals surface area contributed by atoms with Crippen molar-refractivity contribution in [1.29, 1.82) is 0 Å². The van der Waals surface area contributed by atoms with Gasteiger partial charge in [-0.1, -0.05) is 30.3 Å². The highest BCUT2D eigenvalue weighted by Gasteiger charge is 2.52. The summed E-state index contributed by atoms with van der Waals surface area (Å²) in [6, 6.07) is 7.33. The molecule has 1 N–H and O–H groups in total. The Hall–Kier alpha value is -1.96. The van der Waals surface area contributed by atoms with Crippen LogP contribution in [0.4, 0.5) is 0 Å². The van der Waals surface area contributed by atoms with Gasteiger partial charge < -0.3 is 19.4 Å². The lowest BCUT2D eigenvalue weighted by Gasteiger charge is -2.32. The second-order valence-corrected chi connectivity index (χ2v) is 8.19. The molecule has 158 valence electrons. The van der Waals surface area contributed by atoms with Crippen molar-refractivity contribution in [2.45, 2.75) is 58.7 Å². The van der Waals surface area contributed by atoms with Gasteiger partial charge in [0.2, 0.25) is 0 Å². The lowest BCUT2D eigenvalue weighted by Crippen LogP contribution is -2.41. The first-order chi connectivity index (χ1) is 13.6. The van der Waals surface area contributed by atoms with Gasteiger partial charge in [0, 0.05) is 18.5 Å². The molecule has 29 heavy (non-hydrogen) atoms. The Balaban J connectivity index is 2.09. The van der Waals surface area contributed by atoms with E-state index >= 15 is 0 Å². The number of carbonyl (C=O) groups is 2. The van der Waals surface area contributed by atoms with Crippen molar-refractivity contribution in [3.63, 3.8) is 0 Å². The van der Waals surface area contributed by atoms with Gasteiger partial charge in [0.05, 0.1) is 24.2 Å². The van der Waals surface area contributed by atoms with Crippen LogP contribution in [0.2, 0.25) is 0 Å². The van der Waals surface area contributed by atoms with Gasteiger partial charge in [0.15, 0.2) is 5.78 Å². The fourth-order valence-electron chi connectivity index (χ4n) is 2.97. The predicted molar refractivity (Wildman–Crippen MR) is 115 cm³/mol. The molecule has 0 atom stereocenters. The van der Waals surface area contributed by atoms with Crippen LogP contribution in [0.5, 0.6) is 0 Å². The third-order valence-corrected chi connectivity index (χ3v) is 5.38. The highest BCUT2D eigenvalue weighted by atomic mass is 16.7. The zero-order chi connectivity index (χ0) is 21.7. The molecule has 0 radical (unpaired) electrons. The molecular formula is C22H32BNO5. The van der Waals surface area contributed by atoms with Gasteiger partial charge >= 0.3 is 13.1 Å². The molecule has 1 fully saturated rings. The molecule has 1 aromatic rings. The number of nitrogens with one attached hydrogen (secondary N) is 1. The second kappa shape index (κ2) is 9.70. The molecule has 0 aliphatic carbocycles. The van der Waals surface area contributed by atoms with E-state index in [1.807, 2.05) is 53.0 Å². The van der Waals surface area contributed by atoms with Crippen LogP contribution < -0.4 is 5.32 Å². The molecule has 1 heterocycles. The molecule has 0 bridgehead atoms. The fourth-order valence-corrected chi connectivity index (χ4v) is 2.97. The SMILES string of the molecule is CCOC(=O)CCC(=O)c1ccc(C=C(CNC)B2OC(C)(C)C(C)(C)O2)cc1. The molecular weight excluding hydrogens is 369 g/mol. The number of esters is 1. The van der Waals surface area contributed by atoms with Gasteiger partial charge in [-0.25, -0.2) is 0 Å². The number of rotatable bonds is 9. The van der Waals surface area contributed by atoms with E-state index in [1.165, 1.54) is 0 Å². The number of benzene rings is 1. The number of likely N-dealkylation sites (N-methyl/N-ethyl adjacent to an activating group) is 1. The monoisotopic (exact) mass is 401 g/mol. The molecule has 0 unspecified atom stereocenters. The topological polar surface area (TPSA) is 73.9 Å². The number of ether oxygens (including phenoxy) is 1. The van der Waals surface area contributed by atoms with E-state index in [2.05, 4.69) is 5.32 Å². The number of Topliss-reactive ketones (excluding diaryl/α,β-unsaturated/α-hetero) is 1. The fraction of sp³-hybridized carbons (Fsp3) is 0.545. The third-order valence-electron chi connectivity index (χ3n) is 5.38. The number of hydrogen-bond acceptors (Lipinski definition) is 6. The predicted octanol–water partition coefficient (Wildman–Crippen LogP) is 3.45. The summed E-state index contributed by atoms with van der Waals surface area (Å²) in [5.74, 6) is -0.422. The van der Waals surface area contributed by atoms with E-state index in [-0.39, 0.29) is 24.6 Å². The van der Waals surface area contributed by atoms with E-state index in [0.717, 1.165) is 11.0 Å². The maximum Gasteiger partial charge on any atom is 0.491 e. The third kappa shape index (κ3) is 6.01. The average molecular weight is 401 g/mol. The molecule has 0 spiro atoms. The standard InChI is InChI=1S/C22H32BNO5/c1-7-27-20(26)13-12-19(25)17-10-8-16(9-11-17)14-18(15-24-6)23-28-21(2,3)22(4,5)29-23/h8-11,14,24H,7,12-13,15H2,1-6H3. The van der Waals surface area contributed by atoms with E-state index in [0.29, 0.717) is 18.7 Å². The number of hydrogen-bond donors (Lipinski definition) is 1. The van der Waals surface area contributed by atoms with E-state index in [4.69, 9.17) is 14.0 Å². The van der Waals surface area contributed by atoms with E-state index in [1.54, 1.807) is 19.1 Å². The van der Waals surface area contributed by atoms with Crippen LogP contribution in [-0.2, 0) is 18.8 Å². The summed E-state index contributed by atoms with van der Waals surface area (Å²) in [6.07, 6.45) is 2.26. The van der Waals surface area contributed by atoms with Gasteiger partial charge in [0.1, 0.15) is 0 Å². The Morgan fingerprint density at radius 1 is 1.07 bits per heavy atom. The second-order valence-electron chi connectivity index (χ2n) is 8.19. The quantitative estimate of drug-likeness (QED) is 0.388. The number of ketones is 1. The van der Waals surface area contributed by atoms with Crippen LogP contribution in [0.25, 0.3) is 6.08 Å². The molecule has 7 heteroatoms. The summed E-state index contributed by atoms with van der Waals surface area (Å²) in [4.78, 5) is 23.7. The maximum atomic E-state index is 12.3. The van der Waals surface area contributed by atoms with E-state index < -0.39 is 18.3 Å². The maximum absolute atomic E-state index is 12.3. The van der Waals surface area contributed by atoms with Gasteiger partial charge in [0.25, 0.3) is 0 Å². The highest BCUT2D eigenvalue weighted by molar-refractivity contribution is 6.55. The van der Waals surface area contributed by atoms with Gasteiger partial charge in [-0.3, -0.25) is 9.59 Å². The minimum Gasteiger partial charge on any atom is -0.466 e. The molecule has 6 nitrogen and oxygen atoms in total. The van der Waals surface area contributed by atoms with Crippen LogP contribution in [0.1, 0.15) is 63.4 Å². The van der Waals surface area contributed by atoms with Crippen LogP contribution in [-0.4, -0.2) is 50.3 Å². The molecule has 1 aromatic carbocycles. The van der Waals surface area contributed by atoms with Crippen molar-refractivity contribution in [1.82, 2.24) is 5.32 Å².